The molecule has 0 aromatic heterocycles. The molecule has 0 spiro atoms. The van der Waals surface area contributed by atoms with Gasteiger partial charge in [0.1, 0.15) is 0 Å². The van der Waals surface area contributed by atoms with Crippen molar-refractivity contribution in [2.75, 3.05) is 19.1 Å². The third kappa shape index (κ3) is 4.00. The second-order valence-corrected chi connectivity index (χ2v) is 8.48. The molecule has 0 fully saturated rings. The van der Waals surface area contributed by atoms with E-state index in [4.69, 9.17) is 21.1 Å². The first-order valence-electron chi connectivity index (χ1n) is 10.3. The zero-order valence-electron chi connectivity index (χ0n) is 18.2. The van der Waals surface area contributed by atoms with Crippen molar-refractivity contribution in [3.63, 3.8) is 0 Å². The van der Waals surface area contributed by atoms with Crippen LogP contribution in [0.2, 0.25) is 5.02 Å². The molecule has 0 saturated carbocycles. The lowest BCUT2D eigenvalue weighted by molar-refractivity contribution is -0.118. The molecular weight excluding hydrogens is 410 g/mol. The SMILES string of the molecule is COc1cc2c(cc1OC)[C@H](c1ccc(Cl)cc1)N(c1ccc(C(C)C)cc1)C(=O)C2. The summed E-state index contributed by atoms with van der Waals surface area (Å²) < 4.78 is 11.0. The van der Waals surface area contributed by atoms with Crippen LogP contribution in [0.15, 0.2) is 60.7 Å². The first kappa shape index (κ1) is 21.3. The summed E-state index contributed by atoms with van der Waals surface area (Å²) in [7, 11) is 3.23. The normalized spacial score (nSPS) is 15.7. The van der Waals surface area contributed by atoms with Gasteiger partial charge in [-0.2, -0.15) is 0 Å². The van der Waals surface area contributed by atoms with Crippen LogP contribution in [-0.4, -0.2) is 20.1 Å². The molecule has 160 valence electrons. The van der Waals surface area contributed by atoms with Gasteiger partial charge in [-0.15, -0.1) is 0 Å². The van der Waals surface area contributed by atoms with E-state index >= 15 is 0 Å². The van der Waals surface area contributed by atoms with Gasteiger partial charge in [0.25, 0.3) is 0 Å². The smallest absolute Gasteiger partial charge is 0.232 e. The summed E-state index contributed by atoms with van der Waals surface area (Å²) in [6.45, 7) is 4.32. The Balaban J connectivity index is 1.90. The largest absolute Gasteiger partial charge is 0.493 e. The fourth-order valence-electron chi connectivity index (χ4n) is 4.16. The van der Waals surface area contributed by atoms with Crippen molar-refractivity contribution in [3.8, 4) is 11.5 Å². The Hall–Kier alpha value is -2.98. The van der Waals surface area contributed by atoms with Crippen molar-refractivity contribution >= 4 is 23.2 Å². The van der Waals surface area contributed by atoms with E-state index in [1.54, 1.807) is 14.2 Å². The van der Waals surface area contributed by atoms with Gasteiger partial charge in [0.15, 0.2) is 11.5 Å². The van der Waals surface area contributed by atoms with E-state index in [2.05, 4.69) is 26.0 Å². The average Bonchev–Trinajstić information content (AvgIpc) is 2.78. The molecule has 1 heterocycles. The first-order valence-corrected chi connectivity index (χ1v) is 10.7. The van der Waals surface area contributed by atoms with E-state index in [1.165, 1.54) is 5.56 Å². The van der Waals surface area contributed by atoms with E-state index in [9.17, 15) is 4.79 Å². The Kier molecular flexibility index (Phi) is 5.92. The molecule has 3 aromatic rings. The zero-order valence-corrected chi connectivity index (χ0v) is 18.9. The van der Waals surface area contributed by atoms with Gasteiger partial charge in [-0.05, 0) is 64.6 Å². The molecule has 0 aliphatic carbocycles. The molecule has 0 unspecified atom stereocenters. The summed E-state index contributed by atoms with van der Waals surface area (Å²) in [5.74, 6) is 1.73. The number of nitrogens with zero attached hydrogens (tertiary/aromatic N) is 1. The fraction of sp³-hybridized carbons (Fsp3) is 0.269. The van der Waals surface area contributed by atoms with Gasteiger partial charge in [-0.25, -0.2) is 0 Å². The van der Waals surface area contributed by atoms with Crippen LogP contribution < -0.4 is 14.4 Å². The van der Waals surface area contributed by atoms with E-state index in [-0.39, 0.29) is 11.9 Å². The third-order valence-electron chi connectivity index (χ3n) is 5.83. The van der Waals surface area contributed by atoms with Crippen LogP contribution in [0.5, 0.6) is 11.5 Å². The highest BCUT2D eigenvalue weighted by atomic mass is 35.5. The molecule has 0 radical (unpaired) electrons. The van der Waals surface area contributed by atoms with Gasteiger partial charge < -0.3 is 14.4 Å². The Bertz CT molecular complexity index is 1090. The first-order chi connectivity index (χ1) is 14.9. The number of ether oxygens (including phenoxy) is 2. The van der Waals surface area contributed by atoms with Crippen LogP contribution in [0.1, 0.15) is 48.1 Å². The molecule has 0 bridgehead atoms. The van der Waals surface area contributed by atoms with Gasteiger partial charge in [0, 0.05) is 10.7 Å². The van der Waals surface area contributed by atoms with Crippen LogP contribution in [-0.2, 0) is 11.2 Å². The highest BCUT2D eigenvalue weighted by molar-refractivity contribution is 6.30. The van der Waals surface area contributed by atoms with Crippen molar-refractivity contribution in [2.45, 2.75) is 32.2 Å². The number of anilines is 1. The lowest BCUT2D eigenvalue weighted by Gasteiger charge is -2.38. The van der Waals surface area contributed by atoms with Crippen LogP contribution in [0.4, 0.5) is 5.69 Å². The number of hydrogen-bond acceptors (Lipinski definition) is 3. The van der Waals surface area contributed by atoms with E-state index in [1.807, 2.05) is 53.4 Å². The van der Waals surface area contributed by atoms with Crippen LogP contribution in [0.25, 0.3) is 0 Å². The summed E-state index contributed by atoms with van der Waals surface area (Å²) in [6, 6.07) is 19.5. The highest BCUT2D eigenvalue weighted by Crippen LogP contribution is 2.43. The second-order valence-electron chi connectivity index (χ2n) is 8.05. The molecule has 31 heavy (non-hydrogen) atoms. The second kappa shape index (κ2) is 8.64. The van der Waals surface area contributed by atoms with Gasteiger partial charge in [-0.3, -0.25) is 4.79 Å². The number of hydrogen-bond donors (Lipinski definition) is 0. The molecule has 1 aliphatic rings. The van der Waals surface area contributed by atoms with Gasteiger partial charge in [0.2, 0.25) is 5.91 Å². The van der Waals surface area contributed by atoms with Gasteiger partial charge in [-0.1, -0.05) is 49.7 Å². The van der Waals surface area contributed by atoms with E-state index < -0.39 is 0 Å². The minimum Gasteiger partial charge on any atom is -0.493 e. The lowest BCUT2D eigenvalue weighted by atomic mass is 9.86. The topological polar surface area (TPSA) is 38.8 Å². The number of carbonyl (C=O) groups excluding carboxylic acids is 1. The van der Waals surface area contributed by atoms with Gasteiger partial charge in [0.05, 0.1) is 26.7 Å². The number of carbonyl (C=O) groups is 1. The standard InChI is InChI=1S/C26H26ClNO3/c1-16(2)17-7-11-21(12-8-17)28-25(29)14-19-13-23(30-3)24(31-4)15-22(19)26(28)18-5-9-20(27)10-6-18/h5-13,15-16,26H,14H2,1-4H3/t26-/m0/s1. The maximum Gasteiger partial charge on any atom is 0.232 e. The van der Waals surface area contributed by atoms with Crippen LogP contribution in [0.3, 0.4) is 0 Å². The average molecular weight is 436 g/mol. The molecular formula is C26H26ClNO3. The van der Waals surface area contributed by atoms with E-state index in [0.29, 0.717) is 28.9 Å². The van der Waals surface area contributed by atoms with Crippen molar-refractivity contribution in [1.82, 2.24) is 0 Å². The zero-order chi connectivity index (χ0) is 22.1. The lowest BCUT2D eigenvalue weighted by Crippen LogP contribution is -2.41. The van der Waals surface area contributed by atoms with Crippen molar-refractivity contribution in [3.05, 3.63) is 87.9 Å². The molecule has 0 saturated heterocycles. The Labute approximate surface area is 188 Å². The molecule has 4 rings (SSSR count). The number of benzene rings is 3. The Morgan fingerprint density at radius 1 is 0.935 bits per heavy atom. The predicted octanol–water partition coefficient (Wildman–Crippen LogP) is 6.16. The number of halogens is 1. The molecule has 0 N–H and O–H groups in total. The molecule has 1 amide bonds. The molecule has 1 aliphatic heterocycles. The van der Waals surface area contributed by atoms with Crippen LogP contribution in [0, 0.1) is 0 Å². The Morgan fingerprint density at radius 2 is 1.55 bits per heavy atom. The third-order valence-corrected chi connectivity index (χ3v) is 6.08. The summed E-state index contributed by atoms with van der Waals surface area (Å²) in [6.07, 6.45) is 0.297. The quantitative estimate of drug-likeness (QED) is 0.481. The number of fused-ring (bicyclic) bond motifs is 1. The van der Waals surface area contributed by atoms with Crippen molar-refractivity contribution in [1.29, 1.82) is 0 Å². The Morgan fingerprint density at radius 3 is 2.13 bits per heavy atom. The van der Waals surface area contributed by atoms with Gasteiger partial charge >= 0.3 is 0 Å². The molecule has 1 atom stereocenters. The van der Waals surface area contributed by atoms with Crippen molar-refractivity contribution in [2.24, 2.45) is 0 Å². The summed E-state index contributed by atoms with van der Waals surface area (Å²) >= 11 is 6.15. The van der Waals surface area contributed by atoms with Crippen LogP contribution >= 0.6 is 11.6 Å². The molecule has 3 aromatic carbocycles. The molecule has 5 heteroatoms. The van der Waals surface area contributed by atoms with E-state index in [0.717, 1.165) is 22.4 Å². The van der Waals surface area contributed by atoms with Crippen molar-refractivity contribution < 1.29 is 14.3 Å². The highest BCUT2D eigenvalue weighted by Gasteiger charge is 2.36. The maximum atomic E-state index is 13.4. The summed E-state index contributed by atoms with van der Waals surface area (Å²) in [5.41, 5.74) is 5.06. The maximum absolute atomic E-state index is 13.4. The summed E-state index contributed by atoms with van der Waals surface area (Å²) in [5, 5.41) is 0.659. The number of amides is 1. The predicted molar refractivity (Wildman–Crippen MR) is 125 cm³/mol. The molecule has 4 nitrogen and oxygen atoms in total. The minimum absolute atomic E-state index is 0.0389. The fourth-order valence-corrected chi connectivity index (χ4v) is 4.29. The number of rotatable bonds is 5. The summed E-state index contributed by atoms with van der Waals surface area (Å²) in [4.78, 5) is 15.3. The monoisotopic (exact) mass is 435 g/mol. The minimum atomic E-state index is -0.293. The number of methoxy groups -OCH3 is 2.